The van der Waals surface area contributed by atoms with Gasteiger partial charge in [-0.25, -0.2) is 0 Å². The molecule has 3 nitrogen and oxygen atoms in total. The summed E-state index contributed by atoms with van der Waals surface area (Å²) in [6.07, 6.45) is 1.34. The lowest BCUT2D eigenvalue weighted by Gasteiger charge is -2.16. The van der Waals surface area contributed by atoms with Crippen molar-refractivity contribution in [2.75, 3.05) is 6.54 Å². The average molecular weight is 248 g/mol. The topological polar surface area (TPSA) is 55.1 Å². The van der Waals surface area contributed by atoms with Crippen molar-refractivity contribution in [1.29, 1.82) is 0 Å². The smallest absolute Gasteiger partial charge is 0.220 e. The van der Waals surface area contributed by atoms with Crippen molar-refractivity contribution in [1.82, 2.24) is 5.32 Å². The predicted octanol–water partition coefficient (Wildman–Crippen LogP) is 2.34. The van der Waals surface area contributed by atoms with Crippen LogP contribution in [-0.4, -0.2) is 18.5 Å². The Morgan fingerprint density at radius 3 is 2.67 bits per heavy atom. The number of nitrogens with one attached hydrogen (secondary N) is 1. The normalized spacial score (nSPS) is 12.5. The molecule has 3 heteroatoms. The SMILES string of the molecule is Cc1cccc(C(CN)CCC(=O)NC(C)C)c1. The molecular formula is C15H24N2O. The van der Waals surface area contributed by atoms with E-state index in [2.05, 4.69) is 30.4 Å². The van der Waals surface area contributed by atoms with Crippen LogP contribution in [-0.2, 0) is 4.79 Å². The summed E-state index contributed by atoms with van der Waals surface area (Å²) in [4.78, 5) is 11.6. The van der Waals surface area contributed by atoms with Gasteiger partial charge in [-0.2, -0.15) is 0 Å². The van der Waals surface area contributed by atoms with Gasteiger partial charge in [0.05, 0.1) is 0 Å². The van der Waals surface area contributed by atoms with Gasteiger partial charge < -0.3 is 11.1 Å². The standard InChI is InChI=1S/C15H24N2O/c1-11(2)17-15(18)8-7-14(10-16)13-6-4-5-12(3)9-13/h4-6,9,11,14H,7-8,10,16H2,1-3H3,(H,17,18). The predicted molar refractivity (Wildman–Crippen MR) is 75.5 cm³/mol. The number of nitrogens with two attached hydrogens (primary N) is 1. The maximum absolute atomic E-state index is 11.6. The molecule has 0 saturated carbocycles. The maximum Gasteiger partial charge on any atom is 0.220 e. The van der Waals surface area contributed by atoms with Gasteiger partial charge in [-0.3, -0.25) is 4.79 Å². The lowest BCUT2D eigenvalue weighted by molar-refractivity contribution is -0.121. The van der Waals surface area contributed by atoms with Crippen molar-refractivity contribution >= 4 is 5.91 Å². The molecule has 1 unspecified atom stereocenters. The van der Waals surface area contributed by atoms with Gasteiger partial charge in [0.2, 0.25) is 5.91 Å². The van der Waals surface area contributed by atoms with Crippen LogP contribution in [0.3, 0.4) is 0 Å². The molecule has 1 atom stereocenters. The molecule has 1 rings (SSSR count). The third-order valence-electron chi connectivity index (χ3n) is 2.97. The molecule has 0 bridgehead atoms. The van der Waals surface area contributed by atoms with Gasteiger partial charge in [0, 0.05) is 12.5 Å². The van der Waals surface area contributed by atoms with E-state index in [1.165, 1.54) is 11.1 Å². The molecule has 3 N–H and O–H groups in total. The van der Waals surface area contributed by atoms with E-state index >= 15 is 0 Å². The Kier molecular flexibility index (Phi) is 5.86. The van der Waals surface area contributed by atoms with Crippen LogP contribution in [0.2, 0.25) is 0 Å². The monoisotopic (exact) mass is 248 g/mol. The molecule has 0 fully saturated rings. The Hall–Kier alpha value is -1.35. The van der Waals surface area contributed by atoms with Gasteiger partial charge in [-0.05, 0) is 45.2 Å². The van der Waals surface area contributed by atoms with E-state index < -0.39 is 0 Å². The summed E-state index contributed by atoms with van der Waals surface area (Å²) >= 11 is 0. The number of rotatable bonds is 6. The van der Waals surface area contributed by atoms with Crippen LogP contribution in [0.5, 0.6) is 0 Å². The lowest BCUT2D eigenvalue weighted by Crippen LogP contribution is -2.30. The third-order valence-corrected chi connectivity index (χ3v) is 2.97. The largest absolute Gasteiger partial charge is 0.354 e. The van der Waals surface area contributed by atoms with Gasteiger partial charge >= 0.3 is 0 Å². The molecule has 0 aliphatic rings. The molecule has 1 amide bonds. The second kappa shape index (κ2) is 7.17. The van der Waals surface area contributed by atoms with Crippen molar-refractivity contribution in [3.63, 3.8) is 0 Å². The summed E-state index contributed by atoms with van der Waals surface area (Å²) in [6, 6.07) is 8.56. The summed E-state index contributed by atoms with van der Waals surface area (Å²) in [5.41, 5.74) is 8.28. The Morgan fingerprint density at radius 1 is 1.39 bits per heavy atom. The summed E-state index contributed by atoms with van der Waals surface area (Å²) in [6.45, 7) is 6.60. The molecule has 0 radical (unpaired) electrons. The first-order chi connectivity index (χ1) is 8.52. The van der Waals surface area contributed by atoms with Crippen LogP contribution in [0.1, 0.15) is 43.7 Å². The number of hydrogen-bond donors (Lipinski definition) is 2. The first-order valence-electron chi connectivity index (χ1n) is 6.59. The Morgan fingerprint density at radius 2 is 2.11 bits per heavy atom. The number of hydrogen-bond acceptors (Lipinski definition) is 2. The maximum atomic E-state index is 11.6. The van der Waals surface area contributed by atoms with Crippen molar-refractivity contribution in [3.8, 4) is 0 Å². The molecule has 18 heavy (non-hydrogen) atoms. The molecule has 0 heterocycles. The van der Waals surface area contributed by atoms with E-state index in [9.17, 15) is 4.79 Å². The minimum Gasteiger partial charge on any atom is -0.354 e. The van der Waals surface area contributed by atoms with Gasteiger partial charge in [0.25, 0.3) is 0 Å². The first kappa shape index (κ1) is 14.7. The van der Waals surface area contributed by atoms with Crippen LogP contribution in [0.4, 0.5) is 0 Å². The molecule has 1 aromatic carbocycles. The summed E-state index contributed by atoms with van der Waals surface area (Å²) in [5.74, 6) is 0.374. The number of carbonyl (C=O) groups excluding carboxylic acids is 1. The van der Waals surface area contributed by atoms with E-state index in [1.54, 1.807) is 0 Å². The Bertz CT molecular complexity index is 388. The van der Waals surface area contributed by atoms with E-state index in [0.29, 0.717) is 13.0 Å². The van der Waals surface area contributed by atoms with E-state index in [0.717, 1.165) is 6.42 Å². The molecule has 0 aliphatic heterocycles. The third kappa shape index (κ3) is 4.88. The highest BCUT2D eigenvalue weighted by Crippen LogP contribution is 2.21. The summed E-state index contributed by atoms with van der Waals surface area (Å²) in [7, 11) is 0. The molecule has 0 saturated heterocycles. The second-order valence-corrected chi connectivity index (χ2v) is 5.11. The van der Waals surface area contributed by atoms with Gasteiger partial charge in [0.15, 0.2) is 0 Å². The van der Waals surface area contributed by atoms with Gasteiger partial charge in [-0.15, -0.1) is 0 Å². The van der Waals surface area contributed by atoms with Gasteiger partial charge in [-0.1, -0.05) is 29.8 Å². The van der Waals surface area contributed by atoms with Crippen molar-refractivity contribution < 1.29 is 4.79 Å². The number of aryl methyl sites for hydroxylation is 1. The number of carbonyl (C=O) groups is 1. The zero-order valence-electron chi connectivity index (χ0n) is 11.6. The fourth-order valence-electron chi connectivity index (χ4n) is 2.04. The highest BCUT2D eigenvalue weighted by atomic mass is 16.1. The highest BCUT2D eigenvalue weighted by Gasteiger charge is 2.12. The molecular weight excluding hydrogens is 224 g/mol. The molecule has 0 aliphatic carbocycles. The quantitative estimate of drug-likeness (QED) is 0.812. The van der Waals surface area contributed by atoms with Crippen molar-refractivity contribution in [3.05, 3.63) is 35.4 Å². The first-order valence-corrected chi connectivity index (χ1v) is 6.59. The zero-order chi connectivity index (χ0) is 13.5. The van der Waals surface area contributed by atoms with Crippen LogP contribution >= 0.6 is 0 Å². The number of amides is 1. The van der Waals surface area contributed by atoms with E-state index in [1.807, 2.05) is 19.9 Å². The Labute approximate surface area is 110 Å². The summed E-state index contributed by atoms with van der Waals surface area (Å²) < 4.78 is 0. The van der Waals surface area contributed by atoms with Crippen molar-refractivity contribution in [2.45, 2.75) is 45.6 Å². The van der Waals surface area contributed by atoms with Crippen LogP contribution in [0.15, 0.2) is 24.3 Å². The van der Waals surface area contributed by atoms with Crippen LogP contribution in [0, 0.1) is 6.92 Å². The van der Waals surface area contributed by atoms with E-state index in [-0.39, 0.29) is 17.9 Å². The summed E-state index contributed by atoms with van der Waals surface area (Å²) in [5, 5.41) is 2.91. The fraction of sp³-hybridized carbons (Fsp3) is 0.533. The fourth-order valence-corrected chi connectivity index (χ4v) is 2.04. The second-order valence-electron chi connectivity index (χ2n) is 5.11. The van der Waals surface area contributed by atoms with Crippen LogP contribution in [0.25, 0.3) is 0 Å². The lowest BCUT2D eigenvalue weighted by atomic mass is 9.93. The minimum absolute atomic E-state index is 0.108. The van der Waals surface area contributed by atoms with E-state index in [4.69, 9.17) is 5.73 Å². The van der Waals surface area contributed by atoms with Crippen LogP contribution < -0.4 is 11.1 Å². The Balaban J connectivity index is 2.55. The molecule has 100 valence electrons. The number of benzene rings is 1. The minimum atomic E-state index is 0.108. The van der Waals surface area contributed by atoms with Gasteiger partial charge in [0.1, 0.15) is 0 Å². The molecule has 0 aromatic heterocycles. The zero-order valence-corrected chi connectivity index (χ0v) is 11.6. The molecule has 1 aromatic rings. The highest BCUT2D eigenvalue weighted by molar-refractivity contribution is 5.76. The molecule has 0 spiro atoms. The average Bonchev–Trinajstić information content (AvgIpc) is 2.29. The van der Waals surface area contributed by atoms with Crippen molar-refractivity contribution in [2.24, 2.45) is 5.73 Å².